The van der Waals surface area contributed by atoms with E-state index in [0.717, 1.165) is 37.9 Å². The van der Waals surface area contributed by atoms with Gasteiger partial charge in [-0.15, -0.1) is 0 Å². The maximum Gasteiger partial charge on any atom is 0.218 e. The second-order valence-corrected chi connectivity index (χ2v) is 6.04. The molecule has 0 radical (unpaired) electrons. The highest BCUT2D eigenvalue weighted by Crippen LogP contribution is 2.46. The van der Waals surface area contributed by atoms with Crippen molar-refractivity contribution in [2.75, 3.05) is 13.7 Å². The zero-order valence-corrected chi connectivity index (χ0v) is 12.0. The van der Waals surface area contributed by atoms with Crippen LogP contribution in [0, 0.1) is 5.92 Å². The van der Waals surface area contributed by atoms with E-state index in [1.807, 2.05) is 12.1 Å². The number of aliphatic hydroxyl groups is 1. The Kier molecular flexibility index (Phi) is 3.94. The van der Waals surface area contributed by atoms with Crippen molar-refractivity contribution < 1.29 is 14.6 Å². The third kappa shape index (κ3) is 2.54. The molecule has 1 N–H and O–H groups in total. The fourth-order valence-electron chi connectivity index (χ4n) is 3.76. The molecule has 2 atom stereocenters. The Morgan fingerprint density at radius 1 is 1.45 bits per heavy atom. The smallest absolute Gasteiger partial charge is 0.218 e. The fraction of sp³-hybridized carbons (Fsp3) is 0.688. The number of ether oxygens (including phenoxy) is 2. The molecule has 1 saturated carbocycles. The van der Waals surface area contributed by atoms with E-state index in [9.17, 15) is 5.11 Å². The largest absolute Gasteiger partial charge is 0.481 e. The van der Waals surface area contributed by atoms with Gasteiger partial charge in [0.05, 0.1) is 18.8 Å². The van der Waals surface area contributed by atoms with Crippen LogP contribution in [0.2, 0.25) is 0 Å². The van der Waals surface area contributed by atoms with E-state index in [0.29, 0.717) is 5.88 Å². The van der Waals surface area contributed by atoms with Crippen LogP contribution >= 0.6 is 0 Å². The van der Waals surface area contributed by atoms with E-state index < -0.39 is 6.10 Å². The van der Waals surface area contributed by atoms with E-state index >= 15 is 0 Å². The summed E-state index contributed by atoms with van der Waals surface area (Å²) in [4.78, 5) is 4.19. The lowest BCUT2D eigenvalue weighted by Crippen LogP contribution is -2.39. The molecule has 1 aromatic heterocycles. The van der Waals surface area contributed by atoms with Gasteiger partial charge in [0.15, 0.2) is 0 Å². The standard InChI is InChI=1S/C16H23NO3/c1-19-15-13(5-4-9-17-15)14(18)12-6-10-20-16(11-12)7-2-3-8-16/h4-5,9,12,14,18H,2-3,6-8,10-11H2,1H3. The molecule has 2 heterocycles. The Hall–Kier alpha value is -1.13. The van der Waals surface area contributed by atoms with Crippen LogP contribution in [-0.4, -0.2) is 29.4 Å². The summed E-state index contributed by atoms with van der Waals surface area (Å²) in [5.41, 5.74) is 0.828. The molecule has 1 spiro atoms. The quantitative estimate of drug-likeness (QED) is 0.923. The van der Waals surface area contributed by atoms with Crippen LogP contribution in [0.15, 0.2) is 18.3 Å². The molecule has 4 heteroatoms. The van der Waals surface area contributed by atoms with Gasteiger partial charge in [0, 0.05) is 18.4 Å². The molecule has 0 aromatic carbocycles. The molecule has 4 nitrogen and oxygen atoms in total. The number of nitrogens with zero attached hydrogens (tertiary/aromatic N) is 1. The summed E-state index contributed by atoms with van der Waals surface area (Å²) < 4.78 is 11.3. The van der Waals surface area contributed by atoms with E-state index in [1.165, 1.54) is 12.8 Å². The number of aromatic nitrogens is 1. The molecule has 1 aliphatic carbocycles. The van der Waals surface area contributed by atoms with Gasteiger partial charge in [0.1, 0.15) is 0 Å². The highest BCUT2D eigenvalue weighted by molar-refractivity contribution is 5.28. The second kappa shape index (κ2) is 5.70. The SMILES string of the molecule is COc1ncccc1C(O)C1CCOC2(CCCC2)C1. The molecule has 0 amide bonds. The summed E-state index contributed by atoms with van der Waals surface area (Å²) >= 11 is 0. The number of hydrogen-bond donors (Lipinski definition) is 1. The maximum absolute atomic E-state index is 10.7. The minimum absolute atomic E-state index is 0.0271. The Bertz CT molecular complexity index is 457. The normalized spacial score (nSPS) is 26.6. The van der Waals surface area contributed by atoms with Crippen molar-refractivity contribution in [1.29, 1.82) is 0 Å². The minimum atomic E-state index is -0.514. The van der Waals surface area contributed by atoms with Crippen molar-refractivity contribution in [3.63, 3.8) is 0 Å². The third-order valence-corrected chi connectivity index (χ3v) is 4.80. The van der Waals surface area contributed by atoms with Gasteiger partial charge in [-0.1, -0.05) is 12.8 Å². The Labute approximate surface area is 120 Å². The summed E-state index contributed by atoms with van der Waals surface area (Å²) in [6.07, 6.45) is 7.81. The molecule has 20 heavy (non-hydrogen) atoms. The van der Waals surface area contributed by atoms with E-state index in [4.69, 9.17) is 9.47 Å². The molecule has 1 aromatic rings. The monoisotopic (exact) mass is 277 g/mol. The maximum atomic E-state index is 10.7. The van der Waals surface area contributed by atoms with Gasteiger partial charge < -0.3 is 14.6 Å². The van der Waals surface area contributed by atoms with Gasteiger partial charge in [-0.2, -0.15) is 0 Å². The van der Waals surface area contributed by atoms with Gasteiger partial charge in [-0.25, -0.2) is 4.98 Å². The van der Waals surface area contributed by atoms with Crippen LogP contribution in [0.3, 0.4) is 0 Å². The van der Waals surface area contributed by atoms with E-state index in [-0.39, 0.29) is 11.5 Å². The Balaban J connectivity index is 1.77. The first-order valence-electron chi connectivity index (χ1n) is 7.55. The molecule has 1 saturated heterocycles. The van der Waals surface area contributed by atoms with E-state index in [2.05, 4.69) is 4.98 Å². The second-order valence-electron chi connectivity index (χ2n) is 6.04. The molecule has 1 aliphatic heterocycles. The van der Waals surface area contributed by atoms with E-state index in [1.54, 1.807) is 13.3 Å². The number of aliphatic hydroxyl groups excluding tert-OH is 1. The average molecular weight is 277 g/mol. The predicted molar refractivity (Wildman–Crippen MR) is 75.6 cm³/mol. The van der Waals surface area contributed by atoms with Crippen molar-refractivity contribution in [1.82, 2.24) is 4.98 Å². The van der Waals surface area contributed by atoms with Crippen LogP contribution in [-0.2, 0) is 4.74 Å². The lowest BCUT2D eigenvalue weighted by atomic mass is 9.80. The summed E-state index contributed by atoms with van der Waals surface area (Å²) in [6, 6.07) is 3.76. The molecular formula is C16H23NO3. The van der Waals surface area contributed by atoms with Gasteiger partial charge in [0.25, 0.3) is 0 Å². The minimum Gasteiger partial charge on any atom is -0.481 e. The van der Waals surface area contributed by atoms with Gasteiger partial charge in [-0.05, 0) is 43.7 Å². The average Bonchev–Trinajstić information content (AvgIpc) is 2.94. The summed E-state index contributed by atoms with van der Waals surface area (Å²) in [6.45, 7) is 0.754. The van der Waals surface area contributed by atoms with Crippen molar-refractivity contribution >= 4 is 0 Å². The first kappa shape index (κ1) is 13.8. The van der Waals surface area contributed by atoms with Crippen LogP contribution in [0.1, 0.15) is 50.2 Å². The van der Waals surface area contributed by atoms with Crippen LogP contribution in [0.5, 0.6) is 5.88 Å². The zero-order valence-electron chi connectivity index (χ0n) is 12.0. The van der Waals surface area contributed by atoms with Crippen LogP contribution in [0.25, 0.3) is 0 Å². The molecule has 110 valence electrons. The Morgan fingerprint density at radius 3 is 3.00 bits per heavy atom. The highest BCUT2D eigenvalue weighted by atomic mass is 16.5. The Morgan fingerprint density at radius 2 is 2.25 bits per heavy atom. The lowest BCUT2D eigenvalue weighted by molar-refractivity contribution is -0.113. The van der Waals surface area contributed by atoms with Crippen molar-refractivity contribution in [3.05, 3.63) is 23.9 Å². The zero-order chi connectivity index (χ0) is 14.0. The summed E-state index contributed by atoms with van der Waals surface area (Å²) in [5.74, 6) is 0.770. The first-order chi connectivity index (χ1) is 9.74. The van der Waals surface area contributed by atoms with Gasteiger partial charge in [0.2, 0.25) is 5.88 Å². The number of methoxy groups -OCH3 is 1. The van der Waals surface area contributed by atoms with Crippen molar-refractivity contribution in [3.8, 4) is 5.88 Å². The first-order valence-corrected chi connectivity index (χ1v) is 7.55. The molecule has 2 unspecified atom stereocenters. The van der Waals surface area contributed by atoms with Crippen LogP contribution < -0.4 is 4.74 Å². The summed E-state index contributed by atoms with van der Waals surface area (Å²) in [7, 11) is 1.60. The number of pyridine rings is 1. The van der Waals surface area contributed by atoms with Gasteiger partial charge in [-0.3, -0.25) is 0 Å². The van der Waals surface area contributed by atoms with Crippen LogP contribution in [0.4, 0.5) is 0 Å². The molecule has 3 rings (SSSR count). The molecular weight excluding hydrogens is 254 g/mol. The van der Waals surface area contributed by atoms with Crippen molar-refractivity contribution in [2.24, 2.45) is 5.92 Å². The third-order valence-electron chi connectivity index (χ3n) is 4.80. The predicted octanol–water partition coefficient (Wildman–Crippen LogP) is 2.86. The highest BCUT2D eigenvalue weighted by Gasteiger charge is 2.42. The van der Waals surface area contributed by atoms with Crippen molar-refractivity contribution in [2.45, 2.75) is 50.2 Å². The number of hydrogen-bond acceptors (Lipinski definition) is 4. The summed E-state index contributed by atoms with van der Waals surface area (Å²) in [5, 5.41) is 10.7. The molecule has 2 aliphatic rings. The van der Waals surface area contributed by atoms with Gasteiger partial charge >= 0.3 is 0 Å². The molecule has 2 fully saturated rings. The topological polar surface area (TPSA) is 51.6 Å². The lowest BCUT2D eigenvalue weighted by Gasteiger charge is -2.40. The molecule has 0 bridgehead atoms. The number of rotatable bonds is 3. The fourth-order valence-corrected chi connectivity index (χ4v) is 3.76.